The van der Waals surface area contributed by atoms with Gasteiger partial charge in [0.05, 0.1) is 4.92 Å². The highest BCUT2D eigenvalue weighted by Crippen LogP contribution is 2.31. The zero-order valence-corrected chi connectivity index (χ0v) is 11.8. The van der Waals surface area contributed by atoms with Crippen LogP contribution in [0.5, 0.6) is 5.75 Å². The fraction of sp³-hybridized carbons (Fsp3) is 0.0667. The van der Waals surface area contributed by atoms with E-state index in [2.05, 4.69) is 5.32 Å². The van der Waals surface area contributed by atoms with E-state index >= 15 is 0 Å². The number of benzene rings is 2. The van der Waals surface area contributed by atoms with Crippen LogP contribution in [0.4, 0.5) is 10.7 Å². The molecule has 2 aromatic carbocycles. The number of aromatic hydroxyl groups is 1. The molecule has 0 aliphatic rings. The van der Waals surface area contributed by atoms with Gasteiger partial charge in [-0.3, -0.25) is 10.1 Å². The van der Waals surface area contributed by atoms with Crippen molar-refractivity contribution in [2.75, 3.05) is 5.32 Å². The average Bonchev–Trinajstić information content (AvgIpc) is 2.95. The van der Waals surface area contributed by atoms with Gasteiger partial charge in [0.15, 0.2) is 0 Å². The second-order valence-electron chi connectivity index (χ2n) is 4.53. The van der Waals surface area contributed by atoms with E-state index in [1.165, 1.54) is 6.07 Å². The van der Waals surface area contributed by atoms with Gasteiger partial charge in [-0.25, -0.2) is 0 Å². The molecule has 0 saturated heterocycles. The number of nitrogens with one attached hydrogen (secondary N) is 1. The minimum absolute atomic E-state index is 0.141. The van der Waals surface area contributed by atoms with Gasteiger partial charge in [0.25, 0.3) is 0 Å². The molecule has 0 bridgehead atoms. The smallest absolute Gasteiger partial charge is 0.324 e. The molecule has 0 aliphatic carbocycles. The Morgan fingerprint density at radius 2 is 1.86 bits per heavy atom. The Morgan fingerprint density at radius 3 is 2.62 bits per heavy atom. The van der Waals surface area contributed by atoms with Crippen molar-refractivity contribution < 1.29 is 10.0 Å². The van der Waals surface area contributed by atoms with Crippen molar-refractivity contribution in [1.29, 1.82) is 0 Å². The van der Waals surface area contributed by atoms with E-state index in [0.717, 1.165) is 32.7 Å². The van der Waals surface area contributed by atoms with Gasteiger partial charge in [-0.1, -0.05) is 35.6 Å². The molecule has 0 atom stereocenters. The molecule has 0 spiro atoms. The normalized spacial score (nSPS) is 10.7. The van der Waals surface area contributed by atoms with Crippen LogP contribution in [0.2, 0.25) is 0 Å². The molecule has 1 heterocycles. The largest absolute Gasteiger partial charge is 0.507 e. The van der Waals surface area contributed by atoms with Gasteiger partial charge in [-0.2, -0.15) is 0 Å². The maximum Gasteiger partial charge on any atom is 0.324 e. The molecule has 0 fully saturated rings. The summed E-state index contributed by atoms with van der Waals surface area (Å²) < 4.78 is 0. The highest BCUT2D eigenvalue weighted by Gasteiger charge is 2.10. The number of nitro groups is 1. The predicted molar refractivity (Wildman–Crippen MR) is 83.9 cm³/mol. The molecule has 106 valence electrons. The van der Waals surface area contributed by atoms with Crippen LogP contribution >= 0.6 is 11.3 Å². The summed E-state index contributed by atoms with van der Waals surface area (Å²) in [7, 11) is 0. The molecule has 3 rings (SSSR count). The summed E-state index contributed by atoms with van der Waals surface area (Å²) in [6, 6.07) is 14.3. The van der Waals surface area contributed by atoms with Crippen LogP contribution in [0.25, 0.3) is 10.8 Å². The summed E-state index contributed by atoms with van der Waals surface area (Å²) >= 11 is 1.16. The molecule has 0 radical (unpaired) electrons. The molecule has 0 saturated carbocycles. The van der Waals surface area contributed by atoms with E-state index in [0.29, 0.717) is 6.54 Å². The zero-order chi connectivity index (χ0) is 14.8. The first-order chi connectivity index (χ1) is 10.1. The third-order valence-corrected chi connectivity index (χ3v) is 4.22. The summed E-state index contributed by atoms with van der Waals surface area (Å²) in [6.07, 6.45) is 0. The first kappa shape index (κ1) is 13.4. The molecule has 0 aliphatic heterocycles. The quantitative estimate of drug-likeness (QED) is 0.561. The monoisotopic (exact) mass is 300 g/mol. The molecular formula is C15H12N2O3S. The Bertz CT molecular complexity index is 814. The van der Waals surface area contributed by atoms with Crippen molar-refractivity contribution in [3.05, 3.63) is 63.5 Å². The molecule has 5 nitrogen and oxygen atoms in total. The lowest BCUT2D eigenvalue weighted by atomic mass is 10.1. The van der Waals surface area contributed by atoms with E-state index in [4.69, 9.17) is 0 Å². The van der Waals surface area contributed by atoms with Crippen molar-refractivity contribution in [2.24, 2.45) is 0 Å². The summed E-state index contributed by atoms with van der Waals surface area (Å²) in [5.74, 6) is 0.239. The molecule has 3 aromatic rings. The molecule has 0 amide bonds. The third kappa shape index (κ3) is 2.66. The summed E-state index contributed by atoms with van der Waals surface area (Å²) in [5.41, 5.74) is 0.888. The number of thiophene rings is 1. The maximum atomic E-state index is 10.7. The number of anilines is 1. The van der Waals surface area contributed by atoms with Crippen LogP contribution in [0, 0.1) is 10.1 Å². The van der Waals surface area contributed by atoms with Crippen LogP contribution in [0.15, 0.2) is 48.5 Å². The van der Waals surface area contributed by atoms with Crippen LogP contribution in [0.1, 0.15) is 4.88 Å². The number of phenolic OH excluding ortho intramolecular Hbond substituents is 1. The van der Waals surface area contributed by atoms with Gasteiger partial charge < -0.3 is 10.4 Å². The molecule has 21 heavy (non-hydrogen) atoms. The van der Waals surface area contributed by atoms with E-state index < -0.39 is 0 Å². The molecule has 0 unspecified atom stereocenters. The minimum atomic E-state index is -0.385. The van der Waals surface area contributed by atoms with E-state index in [9.17, 15) is 15.2 Å². The van der Waals surface area contributed by atoms with Crippen LogP contribution in [-0.4, -0.2) is 10.0 Å². The summed E-state index contributed by atoms with van der Waals surface area (Å²) in [4.78, 5) is 11.2. The van der Waals surface area contributed by atoms with Gasteiger partial charge in [0.1, 0.15) is 5.75 Å². The first-order valence-corrected chi connectivity index (χ1v) is 7.14. The van der Waals surface area contributed by atoms with Crippen molar-refractivity contribution in [3.8, 4) is 5.75 Å². The first-order valence-electron chi connectivity index (χ1n) is 6.33. The second-order valence-corrected chi connectivity index (χ2v) is 5.68. The highest BCUT2D eigenvalue weighted by atomic mass is 32.1. The van der Waals surface area contributed by atoms with E-state index in [1.54, 1.807) is 18.2 Å². The van der Waals surface area contributed by atoms with Crippen molar-refractivity contribution in [3.63, 3.8) is 0 Å². The fourth-order valence-electron chi connectivity index (χ4n) is 2.19. The number of hydrogen-bond donors (Lipinski definition) is 2. The van der Waals surface area contributed by atoms with Gasteiger partial charge in [0, 0.05) is 33.9 Å². The fourth-order valence-corrected chi connectivity index (χ4v) is 2.95. The number of fused-ring (bicyclic) bond motifs is 1. The van der Waals surface area contributed by atoms with E-state index in [-0.39, 0.29) is 15.7 Å². The molecular weight excluding hydrogens is 288 g/mol. The Balaban J connectivity index is 1.85. The molecule has 2 N–H and O–H groups in total. The topological polar surface area (TPSA) is 75.4 Å². The van der Waals surface area contributed by atoms with Gasteiger partial charge in [-0.15, -0.1) is 0 Å². The van der Waals surface area contributed by atoms with Gasteiger partial charge in [-0.05, 0) is 18.2 Å². The standard InChI is InChI=1S/C15H12N2O3S/c18-14-6-2-3-11-12(14)4-1-5-13(11)16-9-10-7-8-15(21-10)17(19)20/h1-8,16,18H,9H2. The van der Waals surface area contributed by atoms with Crippen LogP contribution in [0.3, 0.4) is 0 Å². The Labute approximate surface area is 124 Å². The Morgan fingerprint density at radius 1 is 1.10 bits per heavy atom. The van der Waals surface area contributed by atoms with E-state index in [1.807, 2.05) is 24.3 Å². The minimum Gasteiger partial charge on any atom is -0.507 e. The molecule has 6 heteroatoms. The SMILES string of the molecule is O=[N+]([O-])c1ccc(CNc2cccc3c(O)cccc23)s1. The average molecular weight is 300 g/mol. The van der Waals surface area contributed by atoms with Gasteiger partial charge in [0.2, 0.25) is 0 Å². The Hall–Kier alpha value is -2.60. The summed E-state index contributed by atoms with van der Waals surface area (Å²) in [6.45, 7) is 0.507. The van der Waals surface area contributed by atoms with Crippen LogP contribution in [-0.2, 0) is 6.54 Å². The maximum absolute atomic E-state index is 10.7. The highest BCUT2D eigenvalue weighted by molar-refractivity contribution is 7.15. The van der Waals surface area contributed by atoms with Gasteiger partial charge >= 0.3 is 5.00 Å². The van der Waals surface area contributed by atoms with Crippen LogP contribution < -0.4 is 5.32 Å². The number of hydrogen-bond acceptors (Lipinski definition) is 5. The number of nitrogens with zero attached hydrogens (tertiary/aromatic N) is 1. The van der Waals surface area contributed by atoms with Crippen molar-refractivity contribution >= 4 is 32.8 Å². The Kier molecular flexibility index (Phi) is 3.45. The zero-order valence-electron chi connectivity index (χ0n) is 10.9. The number of phenols is 1. The van der Waals surface area contributed by atoms with Crippen molar-refractivity contribution in [1.82, 2.24) is 0 Å². The lowest BCUT2D eigenvalue weighted by molar-refractivity contribution is -0.380. The lowest BCUT2D eigenvalue weighted by Crippen LogP contribution is -1.97. The predicted octanol–water partition coefficient (Wildman–Crippen LogP) is 4.13. The second kappa shape index (κ2) is 5.41. The lowest BCUT2D eigenvalue weighted by Gasteiger charge is -2.09. The third-order valence-electron chi connectivity index (χ3n) is 3.18. The summed E-state index contributed by atoms with van der Waals surface area (Å²) in [5, 5.41) is 25.6. The van der Waals surface area contributed by atoms with Crippen molar-refractivity contribution in [2.45, 2.75) is 6.54 Å². The number of rotatable bonds is 4. The molecule has 1 aromatic heterocycles.